The van der Waals surface area contributed by atoms with Crippen molar-refractivity contribution in [3.05, 3.63) is 96.2 Å². The summed E-state index contributed by atoms with van der Waals surface area (Å²) in [6.45, 7) is 0. The molecular weight excluding hydrogens is 336 g/mol. The number of anilines is 1. The van der Waals surface area contributed by atoms with Crippen LogP contribution in [0.15, 0.2) is 85.1 Å². The third-order valence-corrected chi connectivity index (χ3v) is 4.63. The lowest BCUT2D eigenvalue weighted by atomic mass is 9.96. The number of Topliss-reactive ketones (excluding diaryl/α,β-unsaturated/α-hetero) is 1. The van der Waals surface area contributed by atoms with Crippen LogP contribution in [0.3, 0.4) is 0 Å². The van der Waals surface area contributed by atoms with Crippen LogP contribution in [0.1, 0.15) is 22.0 Å². The van der Waals surface area contributed by atoms with Gasteiger partial charge in [0.15, 0.2) is 5.78 Å². The number of ketones is 1. The fourth-order valence-corrected chi connectivity index (χ4v) is 3.26. The van der Waals surface area contributed by atoms with Gasteiger partial charge in [-0.3, -0.25) is 4.79 Å². The number of benzene rings is 3. The van der Waals surface area contributed by atoms with E-state index in [1.165, 1.54) is 0 Å². The summed E-state index contributed by atoms with van der Waals surface area (Å²) in [7, 11) is 1.63. The highest BCUT2D eigenvalue weighted by atomic mass is 16.5. The molecule has 4 aromatic rings. The molecule has 1 aromatic heterocycles. The SMILES string of the molecule is COc1cccc(N[C@H](C(=O)c2c[nH]c3ccccc23)c2ccccc2)c1. The van der Waals surface area contributed by atoms with Gasteiger partial charge in [-0.2, -0.15) is 0 Å². The van der Waals surface area contributed by atoms with Crippen molar-refractivity contribution in [2.24, 2.45) is 0 Å². The van der Waals surface area contributed by atoms with Gasteiger partial charge in [0.25, 0.3) is 0 Å². The average Bonchev–Trinajstić information content (AvgIpc) is 3.16. The van der Waals surface area contributed by atoms with Crippen LogP contribution in [0.5, 0.6) is 5.75 Å². The number of H-pyrrole nitrogens is 1. The number of rotatable bonds is 6. The monoisotopic (exact) mass is 356 g/mol. The number of carbonyl (C=O) groups is 1. The lowest BCUT2D eigenvalue weighted by Crippen LogP contribution is -2.21. The highest BCUT2D eigenvalue weighted by molar-refractivity contribution is 6.11. The molecule has 0 amide bonds. The van der Waals surface area contributed by atoms with E-state index in [1.807, 2.05) is 78.9 Å². The lowest BCUT2D eigenvalue weighted by Gasteiger charge is -2.19. The molecule has 27 heavy (non-hydrogen) atoms. The molecule has 0 spiro atoms. The molecule has 0 aliphatic rings. The minimum absolute atomic E-state index is 0.0152. The van der Waals surface area contributed by atoms with Gasteiger partial charge in [-0.15, -0.1) is 0 Å². The summed E-state index contributed by atoms with van der Waals surface area (Å²) in [6, 6.07) is 24.7. The Morgan fingerprint density at radius 1 is 0.963 bits per heavy atom. The summed E-state index contributed by atoms with van der Waals surface area (Å²) in [5.74, 6) is 0.757. The van der Waals surface area contributed by atoms with Crippen molar-refractivity contribution in [2.75, 3.05) is 12.4 Å². The first kappa shape index (κ1) is 16.9. The zero-order chi connectivity index (χ0) is 18.6. The van der Waals surface area contributed by atoms with Gasteiger partial charge in [0.1, 0.15) is 11.8 Å². The van der Waals surface area contributed by atoms with E-state index in [0.29, 0.717) is 5.56 Å². The number of ether oxygens (including phenoxy) is 1. The van der Waals surface area contributed by atoms with Crippen LogP contribution >= 0.6 is 0 Å². The predicted molar refractivity (Wildman–Crippen MR) is 108 cm³/mol. The van der Waals surface area contributed by atoms with E-state index < -0.39 is 6.04 Å². The van der Waals surface area contributed by atoms with Gasteiger partial charge in [-0.25, -0.2) is 0 Å². The Morgan fingerprint density at radius 2 is 1.74 bits per heavy atom. The van der Waals surface area contributed by atoms with Gasteiger partial charge in [-0.1, -0.05) is 54.6 Å². The molecular formula is C23H20N2O2. The first-order chi connectivity index (χ1) is 13.3. The van der Waals surface area contributed by atoms with Crippen molar-refractivity contribution >= 4 is 22.4 Å². The maximum absolute atomic E-state index is 13.5. The van der Waals surface area contributed by atoms with Crippen LogP contribution in [0, 0.1) is 0 Å². The summed E-state index contributed by atoms with van der Waals surface area (Å²) in [6.07, 6.45) is 1.79. The number of nitrogens with one attached hydrogen (secondary N) is 2. The Bertz CT molecular complexity index is 1070. The Balaban J connectivity index is 1.74. The summed E-state index contributed by atoms with van der Waals surface area (Å²) in [5.41, 5.74) is 3.37. The largest absolute Gasteiger partial charge is 0.497 e. The summed E-state index contributed by atoms with van der Waals surface area (Å²) >= 11 is 0. The van der Waals surface area contributed by atoms with Gasteiger partial charge in [0.2, 0.25) is 0 Å². The van der Waals surface area contributed by atoms with E-state index in [1.54, 1.807) is 13.3 Å². The van der Waals surface area contributed by atoms with Crippen LogP contribution in [-0.2, 0) is 0 Å². The first-order valence-corrected chi connectivity index (χ1v) is 8.82. The summed E-state index contributed by atoms with van der Waals surface area (Å²) in [5, 5.41) is 4.31. The van der Waals surface area contributed by atoms with E-state index in [-0.39, 0.29) is 5.78 Å². The fourth-order valence-electron chi connectivity index (χ4n) is 3.26. The zero-order valence-electron chi connectivity index (χ0n) is 15.0. The van der Waals surface area contributed by atoms with Crippen LogP contribution in [0.25, 0.3) is 10.9 Å². The molecule has 0 saturated carbocycles. The Labute approximate surface area is 157 Å². The van der Waals surface area contributed by atoms with E-state index in [4.69, 9.17) is 4.74 Å². The number of aromatic nitrogens is 1. The Kier molecular flexibility index (Phi) is 4.62. The number of hydrogen-bond acceptors (Lipinski definition) is 3. The van der Waals surface area contributed by atoms with Crippen molar-refractivity contribution in [1.82, 2.24) is 4.98 Å². The molecule has 0 fully saturated rings. The smallest absolute Gasteiger partial charge is 0.191 e. The van der Waals surface area contributed by atoms with Crippen molar-refractivity contribution < 1.29 is 9.53 Å². The zero-order valence-corrected chi connectivity index (χ0v) is 15.0. The van der Waals surface area contributed by atoms with Gasteiger partial charge in [0.05, 0.1) is 7.11 Å². The summed E-state index contributed by atoms with van der Waals surface area (Å²) in [4.78, 5) is 16.7. The number of aromatic amines is 1. The van der Waals surface area contributed by atoms with E-state index in [9.17, 15) is 4.79 Å². The second-order valence-electron chi connectivity index (χ2n) is 6.33. The first-order valence-electron chi connectivity index (χ1n) is 8.82. The summed E-state index contributed by atoms with van der Waals surface area (Å²) < 4.78 is 5.30. The standard InChI is InChI=1S/C23H20N2O2/c1-27-18-11-7-10-17(14-18)25-22(16-8-3-2-4-9-16)23(26)20-15-24-21-13-6-5-12-19(20)21/h2-15,22,24-25H,1H3/t22-/m0/s1. The van der Waals surface area contributed by atoms with Crippen molar-refractivity contribution in [3.8, 4) is 5.75 Å². The molecule has 0 aliphatic carbocycles. The third-order valence-electron chi connectivity index (χ3n) is 4.63. The van der Waals surface area contributed by atoms with Crippen LogP contribution in [0.2, 0.25) is 0 Å². The van der Waals surface area contributed by atoms with E-state index in [2.05, 4.69) is 10.3 Å². The minimum atomic E-state index is -0.502. The second-order valence-corrected chi connectivity index (χ2v) is 6.33. The molecule has 134 valence electrons. The Hall–Kier alpha value is -3.53. The number of fused-ring (bicyclic) bond motifs is 1. The number of hydrogen-bond donors (Lipinski definition) is 2. The molecule has 0 bridgehead atoms. The van der Waals surface area contributed by atoms with Crippen molar-refractivity contribution in [1.29, 1.82) is 0 Å². The van der Waals surface area contributed by atoms with Crippen molar-refractivity contribution in [3.63, 3.8) is 0 Å². The molecule has 4 heteroatoms. The highest BCUT2D eigenvalue weighted by Gasteiger charge is 2.24. The topological polar surface area (TPSA) is 54.1 Å². The number of para-hydroxylation sites is 1. The average molecular weight is 356 g/mol. The van der Waals surface area contributed by atoms with Crippen LogP contribution in [-0.4, -0.2) is 17.9 Å². The van der Waals surface area contributed by atoms with Gasteiger partial charge < -0.3 is 15.0 Å². The maximum atomic E-state index is 13.5. The molecule has 4 rings (SSSR count). The van der Waals surface area contributed by atoms with Gasteiger partial charge >= 0.3 is 0 Å². The van der Waals surface area contributed by atoms with Gasteiger partial charge in [0, 0.05) is 34.4 Å². The lowest BCUT2D eigenvalue weighted by molar-refractivity contribution is 0.0971. The molecule has 1 atom stereocenters. The fraction of sp³-hybridized carbons (Fsp3) is 0.0870. The molecule has 2 N–H and O–H groups in total. The molecule has 0 aliphatic heterocycles. The van der Waals surface area contributed by atoms with E-state index in [0.717, 1.165) is 27.9 Å². The predicted octanol–water partition coefficient (Wildman–Crippen LogP) is 5.21. The normalized spacial score (nSPS) is 11.9. The minimum Gasteiger partial charge on any atom is -0.497 e. The molecule has 0 radical (unpaired) electrons. The number of carbonyl (C=O) groups excluding carboxylic acids is 1. The molecule has 0 saturated heterocycles. The second kappa shape index (κ2) is 7.38. The molecule has 3 aromatic carbocycles. The van der Waals surface area contributed by atoms with Crippen LogP contribution < -0.4 is 10.1 Å². The quantitative estimate of drug-likeness (QED) is 0.466. The molecule has 4 nitrogen and oxygen atoms in total. The molecule has 1 heterocycles. The highest BCUT2D eigenvalue weighted by Crippen LogP contribution is 2.28. The van der Waals surface area contributed by atoms with E-state index >= 15 is 0 Å². The van der Waals surface area contributed by atoms with Crippen molar-refractivity contribution in [2.45, 2.75) is 6.04 Å². The Morgan fingerprint density at radius 3 is 2.56 bits per heavy atom. The van der Waals surface area contributed by atoms with Gasteiger partial charge in [-0.05, 0) is 23.8 Å². The third kappa shape index (κ3) is 3.42. The number of methoxy groups -OCH3 is 1. The molecule has 0 unspecified atom stereocenters. The van der Waals surface area contributed by atoms with Crippen LogP contribution in [0.4, 0.5) is 5.69 Å². The maximum Gasteiger partial charge on any atom is 0.191 e.